The van der Waals surface area contributed by atoms with E-state index >= 15 is 0 Å². The van der Waals surface area contributed by atoms with Crippen LogP contribution < -0.4 is 0 Å². The highest BCUT2D eigenvalue weighted by Gasteiger charge is 2.15. The number of aromatic nitrogens is 2. The first-order valence-electron chi connectivity index (χ1n) is 5.13. The minimum atomic E-state index is -0.337. The van der Waals surface area contributed by atoms with E-state index in [9.17, 15) is 5.11 Å². The van der Waals surface area contributed by atoms with Gasteiger partial charge in [0.25, 0.3) is 0 Å². The fourth-order valence-electron chi connectivity index (χ4n) is 1.31. The van der Waals surface area contributed by atoms with E-state index in [-0.39, 0.29) is 11.4 Å². The standard InChI is InChI=1S/C11H14N2OS2/c1-6-4-15-10-9(6)12-5-13-11(10)16-8(3)7(2)14/h4-5,7-8,14H,1-3H3. The maximum absolute atomic E-state index is 9.50. The third-order valence-electron chi connectivity index (χ3n) is 2.48. The quantitative estimate of drug-likeness (QED) is 0.676. The fraction of sp³-hybridized carbons (Fsp3) is 0.455. The molecule has 5 heteroatoms. The summed E-state index contributed by atoms with van der Waals surface area (Å²) in [6.07, 6.45) is 1.26. The number of fused-ring (bicyclic) bond motifs is 1. The fourth-order valence-corrected chi connectivity index (χ4v) is 3.34. The molecule has 0 bridgehead atoms. The van der Waals surface area contributed by atoms with Gasteiger partial charge in [-0.3, -0.25) is 0 Å². The Labute approximate surface area is 103 Å². The van der Waals surface area contributed by atoms with Gasteiger partial charge in [0.05, 0.1) is 16.3 Å². The van der Waals surface area contributed by atoms with Crippen molar-refractivity contribution < 1.29 is 5.11 Å². The summed E-state index contributed by atoms with van der Waals surface area (Å²) in [5, 5.41) is 12.7. The number of hydrogen-bond donors (Lipinski definition) is 1. The van der Waals surface area contributed by atoms with E-state index in [0.29, 0.717) is 0 Å². The molecule has 2 unspecified atom stereocenters. The van der Waals surface area contributed by atoms with Gasteiger partial charge < -0.3 is 5.11 Å². The van der Waals surface area contributed by atoms with Gasteiger partial charge in [0.1, 0.15) is 11.4 Å². The van der Waals surface area contributed by atoms with Crippen molar-refractivity contribution in [1.29, 1.82) is 0 Å². The van der Waals surface area contributed by atoms with Crippen molar-refractivity contribution >= 4 is 33.3 Å². The lowest BCUT2D eigenvalue weighted by atomic mass is 10.3. The van der Waals surface area contributed by atoms with E-state index in [2.05, 4.69) is 22.3 Å². The number of thiophene rings is 1. The van der Waals surface area contributed by atoms with Crippen LogP contribution in [0.15, 0.2) is 16.7 Å². The molecule has 2 heterocycles. The Morgan fingerprint density at radius 2 is 2.12 bits per heavy atom. The SMILES string of the molecule is Cc1csc2c(SC(C)C(C)O)ncnc12. The number of aryl methyl sites for hydroxylation is 1. The normalized spacial score (nSPS) is 15.2. The second-order valence-electron chi connectivity index (χ2n) is 3.84. The third kappa shape index (κ3) is 2.21. The monoisotopic (exact) mass is 254 g/mol. The zero-order valence-electron chi connectivity index (χ0n) is 9.47. The molecule has 1 N–H and O–H groups in total. The average Bonchev–Trinajstić information content (AvgIpc) is 2.62. The zero-order valence-corrected chi connectivity index (χ0v) is 11.1. The van der Waals surface area contributed by atoms with E-state index in [0.717, 1.165) is 15.2 Å². The van der Waals surface area contributed by atoms with Crippen LogP contribution in [0.3, 0.4) is 0 Å². The Kier molecular flexibility index (Phi) is 3.47. The van der Waals surface area contributed by atoms with Gasteiger partial charge in [-0.05, 0) is 24.8 Å². The van der Waals surface area contributed by atoms with E-state index in [4.69, 9.17) is 0 Å². The van der Waals surface area contributed by atoms with Gasteiger partial charge >= 0.3 is 0 Å². The van der Waals surface area contributed by atoms with Gasteiger partial charge in [0, 0.05) is 5.25 Å². The molecule has 0 aliphatic heterocycles. The predicted octanol–water partition coefficient (Wildman–Crippen LogP) is 2.86. The Hall–Kier alpha value is -0.650. The number of rotatable bonds is 3. The first-order chi connectivity index (χ1) is 7.59. The molecule has 2 atom stereocenters. The number of aliphatic hydroxyl groups excluding tert-OH is 1. The summed E-state index contributed by atoms with van der Waals surface area (Å²) < 4.78 is 1.12. The van der Waals surface area contributed by atoms with Crippen LogP contribution in [-0.2, 0) is 0 Å². The van der Waals surface area contributed by atoms with E-state index in [1.165, 1.54) is 5.56 Å². The molecule has 86 valence electrons. The summed E-state index contributed by atoms with van der Waals surface area (Å²) in [6, 6.07) is 0. The lowest BCUT2D eigenvalue weighted by Crippen LogP contribution is -2.15. The minimum Gasteiger partial charge on any atom is -0.392 e. The Morgan fingerprint density at radius 3 is 2.81 bits per heavy atom. The summed E-state index contributed by atoms with van der Waals surface area (Å²) in [5.74, 6) is 0. The molecule has 3 nitrogen and oxygen atoms in total. The minimum absolute atomic E-state index is 0.139. The lowest BCUT2D eigenvalue weighted by Gasteiger charge is -2.13. The van der Waals surface area contributed by atoms with E-state index in [1.54, 1.807) is 36.3 Å². The van der Waals surface area contributed by atoms with Crippen LogP contribution in [0.1, 0.15) is 19.4 Å². The van der Waals surface area contributed by atoms with Crippen LogP contribution in [0.25, 0.3) is 10.2 Å². The summed E-state index contributed by atoms with van der Waals surface area (Å²) in [4.78, 5) is 8.57. The van der Waals surface area contributed by atoms with Crippen molar-refractivity contribution in [3.05, 3.63) is 17.3 Å². The first kappa shape index (κ1) is 11.8. The molecule has 0 amide bonds. The van der Waals surface area contributed by atoms with E-state index in [1.807, 2.05) is 6.92 Å². The van der Waals surface area contributed by atoms with Gasteiger partial charge in [-0.15, -0.1) is 11.3 Å². The van der Waals surface area contributed by atoms with Crippen LogP contribution in [-0.4, -0.2) is 26.4 Å². The smallest absolute Gasteiger partial charge is 0.118 e. The Bertz CT molecular complexity index is 496. The first-order valence-corrected chi connectivity index (χ1v) is 6.89. The number of aliphatic hydroxyl groups is 1. The molecule has 0 radical (unpaired) electrons. The third-order valence-corrected chi connectivity index (χ3v) is 5.00. The molecule has 0 fully saturated rings. The largest absolute Gasteiger partial charge is 0.392 e. The van der Waals surface area contributed by atoms with Crippen LogP contribution in [0.2, 0.25) is 0 Å². The number of thioether (sulfide) groups is 1. The molecule has 2 aromatic heterocycles. The van der Waals surface area contributed by atoms with Crippen LogP contribution in [0.5, 0.6) is 0 Å². The van der Waals surface area contributed by atoms with Crippen molar-refractivity contribution in [2.45, 2.75) is 37.2 Å². The van der Waals surface area contributed by atoms with E-state index < -0.39 is 0 Å². The molecule has 0 aliphatic rings. The molecule has 2 rings (SSSR count). The maximum Gasteiger partial charge on any atom is 0.118 e. The van der Waals surface area contributed by atoms with Crippen molar-refractivity contribution in [3.63, 3.8) is 0 Å². The lowest BCUT2D eigenvalue weighted by molar-refractivity contribution is 0.196. The van der Waals surface area contributed by atoms with Crippen LogP contribution in [0.4, 0.5) is 0 Å². The second kappa shape index (κ2) is 4.69. The zero-order chi connectivity index (χ0) is 11.7. The maximum atomic E-state index is 9.50. The van der Waals surface area contributed by atoms with Gasteiger partial charge in [-0.25, -0.2) is 9.97 Å². The molecule has 0 aliphatic carbocycles. The molecular weight excluding hydrogens is 240 g/mol. The number of hydrogen-bond acceptors (Lipinski definition) is 5. The van der Waals surface area contributed by atoms with Crippen molar-refractivity contribution in [2.75, 3.05) is 0 Å². The molecular formula is C11H14N2OS2. The molecule has 16 heavy (non-hydrogen) atoms. The van der Waals surface area contributed by atoms with Gasteiger partial charge in [-0.1, -0.05) is 18.7 Å². The summed E-state index contributed by atoms with van der Waals surface area (Å²) in [5.41, 5.74) is 2.22. The average molecular weight is 254 g/mol. The molecule has 0 saturated carbocycles. The van der Waals surface area contributed by atoms with Crippen molar-refractivity contribution in [3.8, 4) is 0 Å². The molecule has 0 aromatic carbocycles. The molecule has 0 spiro atoms. The second-order valence-corrected chi connectivity index (χ2v) is 6.08. The summed E-state index contributed by atoms with van der Waals surface area (Å²) in [7, 11) is 0. The van der Waals surface area contributed by atoms with Gasteiger partial charge in [-0.2, -0.15) is 0 Å². The molecule has 2 aromatic rings. The molecule has 0 saturated heterocycles. The van der Waals surface area contributed by atoms with Crippen molar-refractivity contribution in [1.82, 2.24) is 9.97 Å². The predicted molar refractivity (Wildman–Crippen MR) is 69.2 cm³/mol. The summed E-state index contributed by atoms with van der Waals surface area (Å²) in [6.45, 7) is 5.86. The Morgan fingerprint density at radius 1 is 1.38 bits per heavy atom. The number of nitrogens with zero attached hydrogens (tertiary/aromatic N) is 2. The highest BCUT2D eigenvalue weighted by atomic mass is 32.2. The highest BCUT2D eigenvalue weighted by Crippen LogP contribution is 2.33. The van der Waals surface area contributed by atoms with Crippen molar-refractivity contribution in [2.24, 2.45) is 0 Å². The summed E-state index contributed by atoms with van der Waals surface area (Å²) >= 11 is 3.27. The van der Waals surface area contributed by atoms with Gasteiger partial charge in [0.15, 0.2) is 0 Å². The highest BCUT2D eigenvalue weighted by molar-refractivity contribution is 8.00. The van der Waals surface area contributed by atoms with Crippen LogP contribution in [0, 0.1) is 6.92 Å². The van der Waals surface area contributed by atoms with Gasteiger partial charge in [0.2, 0.25) is 0 Å². The Balaban J connectivity index is 2.37. The topological polar surface area (TPSA) is 46.0 Å². The van der Waals surface area contributed by atoms with Crippen LogP contribution >= 0.6 is 23.1 Å².